The van der Waals surface area contributed by atoms with Crippen molar-refractivity contribution in [1.29, 1.82) is 0 Å². The molecule has 0 saturated heterocycles. The van der Waals surface area contributed by atoms with E-state index in [2.05, 4.69) is 23.8 Å². The molecule has 0 bridgehead atoms. The number of thiazole rings is 1. The predicted molar refractivity (Wildman–Crippen MR) is 64.5 cm³/mol. The molecule has 0 unspecified atom stereocenters. The number of hydrogen-bond donors (Lipinski definition) is 1. The van der Waals surface area contributed by atoms with Crippen LogP contribution in [0.3, 0.4) is 0 Å². The van der Waals surface area contributed by atoms with Gasteiger partial charge in [-0.2, -0.15) is 0 Å². The molecular weight excluding hydrogens is 222 g/mol. The largest absolute Gasteiger partial charge is 0.445 e. The van der Waals surface area contributed by atoms with Crippen molar-refractivity contribution in [2.75, 3.05) is 5.73 Å². The van der Waals surface area contributed by atoms with Gasteiger partial charge >= 0.3 is 0 Å². The molecule has 0 atom stereocenters. The smallest absolute Gasteiger partial charge is 0.194 e. The highest BCUT2D eigenvalue weighted by molar-refractivity contribution is 7.15. The fourth-order valence-corrected chi connectivity index (χ4v) is 2.06. The number of oxazole rings is 1. The maximum absolute atomic E-state index is 5.62. The van der Waals surface area contributed by atoms with E-state index in [1.54, 1.807) is 6.20 Å². The Hall–Kier alpha value is -1.36. The summed E-state index contributed by atoms with van der Waals surface area (Å²) in [7, 11) is 0. The zero-order valence-corrected chi connectivity index (χ0v) is 10.3. The summed E-state index contributed by atoms with van der Waals surface area (Å²) in [5.74, 6) is 2.12. The number of rotatable bonds is 4. The minimum Gasteiger partial charge on any atom is -0.445 e. The van der Waals surface area contributed by atoms with E-state index in [1.807, 2.05) is 6.20 Å². The number of nitrogens with zero attached hydrogens (tertiary/aromatic N) is 2. The molecule has 2 N–H and O–H groups in total. The molecule has 2 aromatic heterocycles. The summed E-state index contributed by atoms with van der Waals surface area (Å²) in [6.45, 7) is 4.18. The number of nitrogen functional groups attached to an aromatic ring is 1. The van der Waals surface area contributed by atoms with E-state index in [-0.39, 0.29) is 0 Å². The van der Waals surface area contributed by atoms with Crippen molar-refractivity contribution in [3.05, 3.63) is 28.9 Å². The molecule has 0 fully saturated rings. The maximum atomic E-state index is 5.62. The maximum Gasteiger partial charge on any atom is 0.194 e. The van der Waals surface area contributed by atoms with Gasteiger partial charge in [0.1, 0.15) is 5.76 Å². The highest BCUT2D eigenvalue weighted by Gasteiger charge is 2.08. The lowest BCUT2D eigenvalue weighted by Gasteiger charge is -1.97. The first kappa shape index (κ1) is 11.1. The Morgan fingerprint density at radius 2 is 2.12 bits per heavy atom. The zero-order chi connectivity index (χ0) is 11.5. The van der Waals surface area contributed by atoms with Gasteiger partial charge in [0, 0.05) is 23.4 Å². The summed E-state index contributed by atoms with van der Waals surface area (Å²) < 4.78 is 5.62. The molecule has 0 amide bonds. The predicted octanol–water partition coefficient (Wildman–Crippen LogP) is 2.62. The van der Waals surface area contributed by atoms with E-state index < -0.39 is 0 Å². The lowest BCUT2D eigenvalue weighted by molar-refractivity contribution is 0.438. The van der Waals surface area contributed by atoms with Gasteiger partial charge in [0.15, 0.2) is 11.0 Å². The van der Waals surface area contributed by atoms with Crippen molar-refractivity contribution >= 4 is 16.5 Å². The summed E-state index contributed by atoms with van der Waals surface area (Å²) in [4.78, 5) is 9.42. The third-order valence-corrected chi connectivity index (χ3v) is 3.18. The van der Waals surface area contributed by atoms with Gasteiger partial charge < -0.3 is 10.2 Å². The molecule has 0 radical (unpaired) electrons. The molecule has 2 heterocycles. The fourth-order valence-electron chi connectivity index (χ4n) is 1.38. The first-order chi connectivity index (χ1) is 7.65. The second kappa shape index (κ2) is 4.65. The molecule has 5 heteroatoms. The Morgan fingerprint density at radius 3 is 2.69 bits per heavy atom. The van der Waals surface area contributed by atoms with Crippen molar-refractivity contribution in [2.24, 2.45) is 0 Å². The Bertz CT molecular complexity index is 461. The first-order valence-corrected chi connectivity index (χ1v) is 6.11. The molecule has 4 nitrogen and oxygen atoms in total. The summed E-state index contributed by atoms with van der Waals surface area (Å²) in [6.07, 6.45) is 5.30. The minimum absolute atomic E-state index is 0.389. The van der Waals surface area contributed by atoms with Crippen molar-refractivity contribution in [3.8, 4) is 0 Å². The lowest BCUT2D eigenvalue weighted by atomic mass is 10.2. The molecule has 2 rings (SSSR count). The van der Waals surface area contributed by atoms with Crippen LogP contribution in [-0.2, 0) is 12.8 Å². The first-order valence-electron chi connectivity index (χ1n) is 5.30. The molecule has 0 aromatic carbocycles. The van der Waals surface area contributed by atoms with Crippen LogP contribution in [-0.4, -0.2) is 9.97 Å². The summed E-state index contributed by atoms with van der Waals surface area (Å²) >= 11 is 1.52. The van der Waals surface area contributed by atoms with Crippen LogP contribution in [0.1, 0.15) is 36.3 Å². The van der Waals surface area contributed by atoms with Crippen LogP contribution in [0.4, 0.5) is 5.13 Å². The van der Waals surface area contributed by atoms with E-state index in [4.69, 9.17) is 10.2 Å². The Balaban J connectivity index is 1.94. The van der Waals surface area contributed by atoms with Crippen LogP contribution in [0.25, 0.3) is 0 Å². The minimum atomic E-state index is 0.389. The molecule has 0 spiro atoms. The monoisotopic (exact) mass is 237 g/mol. The van der Waals surface area contributed by atoms with Crippen molar-refractivity contribution in [2.45, 2.75) is 32.6 Å². The van der Waals surface area contributed by atoms with E-state index in [0.29, 0.717) is 11.0 Å². The van der Waals surface area contributed by atoms with E-state index in [9.17, 15) is 0 Å². The van der Waals surface area contributed by atoms with Gasteiger partial charge in [-0.25, -0.2) is 9.97 Å². The molecular formula is C11H15N3OS. The summed E-state index contributed by atoms with van der Waals surface area (Å²) in [5, 5.41) is 0.616. The molecule has 0 aliphatic rings. The Kier molecular flexibility index (Phi) is 3.24. The Morgan fingerprint density at radius 1 is 1.31 bits per heavy atom. The van der Waals surface area contributed by atoms with Crippen molar-refractivity contribution < 1.29 is 4.42 Å². The number of anilines is 1. The second-order valence-corrected chi connectivity index (χ2v) is 5.12. The summed E-state index contributed by atoms with van der Waals surface area (Å²) in [6, 6.07) is 0. The lowest BCUT2D eigenvalue weighted by Crippen LogP contribution is -1.88. The Labute approximate surface area is 98.5 Å². The normalized spacial score (nSPS) is 11.2. The number of nitrogens with two attached hydrogens (primary N) is 1. The van der Waals surface area contributed by atoms with Crippen molar-refractivity contribution in [1.82, 2.24) is 9.97 Å². The number of hydrogen-bond acceptors (Lipinski definition) is 5. The highest BCUT2D eigenvalue weighted by Crippen LogP contribution is 2.19. The van der Waals surface area contributed by atoms with Crippen LogP contribution in [0, 0.1) is 0 Å². The average molecular weight is 237 g/mol. The molecule has 0 saturated carbocycles. The van der Waals surface area contributed by atoms with Gasteiger partial charge in [-0.05, 0) is 6.42 Å². The number of aromatic nitrogens is 2. The van der Waals surface area contributed by atoms with Gasteiger partial charge in [0.2, 0.25) is 0 Å². The fraction of sp³-hybridized carbons (Fsp3) is 0.455. The van der Waals surface area contributed by atoms with E-state index in [1.165, 1.54) is 16.2 Å². The quantitative estimate of drug-likeness (QED) is 0.887. The number of aryl methyl sites for hydroxylation is 2. The van der Waals surface area contributed by atoms with Crippen LogP contribution < -0.4 is 5.73 Å². The van der Waals surface area contributed by atoms with Gasteiger partial charge in [0.05, 0.1) is 6.20 Å². The highest BCUT2D eigenvalue weighted by atomic mass is 32.1. The van der Waals surface area contributed by atoms with E-state index in [0.717, 1.165) is 24.5 Å². The molecule has 86 valence electrons. The zero-order valence-electron chi connectivity index (χ0n) is 9.43. The summed E-state index contributed by atoms with van der Waals surface area (Å²) in [5.41, 5.74) is 5.56. The van der Waals surface area contributed by atoms with Crippen LogP contribution >= 0.6 is 11.3 Å². The average Bonchev–Trinajstić information content (AvgIpc) is 2.83. The van der Waals surface area contributed by atoms with Gasteiger partial charge in [0.25, 0.3) is 0 Å². The molecule has 0 aliphatic carbocycles. The van der Waals surface area contributed by atoms with E-state index >= 15 is 0 Å². The second-order valence-electron chi connectivity index (χ2n) is 3.98. The van der Waals surface area contributed by atoms with Gasteiger partial charge in [-0.1, -0.05) is 13.8 Å². The van der Waals surface area contributed by atoms with Gasteiger partial charge in [-0.3, -0.25) is 0 Å². The SMILES string of the molecule is CC(C)c1cnc(CCc2cnc(N)s2)o1. The standard InChI is InChI=1S/C11H15N3OS/c1-7(2)9-6-13-10(15-9)4-3-8-5-14-11(12)16-8/h5-7H,3-4H2,1-2H3,(H2,12,14). The topological polar surface area (TPSA) is 64.9 Å². The van der Waals surface area contributed by atoms with Crippen molar-refractivity contribution in [3.63, 3.8) is 0 Å². The third-order valence-electron chi connectivity index (χ3n) is 2.30. The molecule has 16 heavy (non-hydrogen) atoms. The molecule has 2 aromatic rings. The van der Waals surface area contributed by atoms with Crippen LogP contribution in [0.5, 0.6) is 0 Å². The molecule has 0 aliphatic heterocycles. The van der Waals surface area contributed by atoms with Crippen LogP contribution in [0.15, 0.2) is 16.8 Å². The van der Waals surface area contributed by atoms with Gasteiger partial charge in [-0.15, -0.1) is 11.3 Å². The third kappa shape index (κ3) is 2.61. The van der Waals surface area contributed by atoms with Crippen LogP contribution in [0.2, 0.25) is 0 Å².